The van der Waals surface area contributed by atoms with Crippen molar-refractivity contribution in [2.75, 3.05) is 12.0 Å². The number of rotatable bonds is 2. The summed E-state index contributed by atoms with van der Waals surface area (Å²) >= 11 is 2.94. The topological polar surface area (TPSA) is 34.1 Å². The molecule has 0 saturated heterocycles. The fourth-order valence-electron chi connectivity index (χ4n) is 0.284. The molecular weight excluding hydrogens is 192 g/mol. The number of halogens is 1. The van der Waals surface area contributed by atoms with E-state index in [2.05, 4.69) is 22.5 Å². The van der Waals surface area contributed by atoms with Crippen LogP contribution in [0.4, 0.5) is 0 Å². The van der Waals surface area contributed by atoms with Crippen LogP contribution < -0.4 is 0 Å². The van der Waals surface area contributed by atoms with E-state index in [1.54, 1.807) is 0 Å². The second-order valence-corrected chi connectivity index (χ2v) is 4.85. The summed E-state index contributed by atoms with van der Waals surface area (Å²) in [5, 5.41) is 0. The van der Waals surface area contributed by atoms with Crippen molar-refractivity contribution >= 4 is 25.8 Å². The van der Waals surface area contributed by atoms with Gasteiger partial charge in [0.1, 0.15) is 0 Å². The molecule has 0 aromatic heterocycles. The molecule has 0 amide bonds. The summed E-state index contributed by atoms with van der Waals surface area (Å²) in [4.78, 5) is 0. The van der Waals surface area contributed by atoms with Gasteiger partial charge in [-0.3, -0.25) is 0 Å². The second-order valence-electron chi connectivity index (χ2n) is 1.59. The Morgan fingerprint density at radius 1 is 1.75 bits per heavy atom. The molecule has 0 spiro atoms. The molecule has 0 aromatic rings. The predicted molar refractivity (Wildman–Crippen MR) is 37.8 cm³/mol. The first-order chi connectivity index (χ1) is 3.42. The predicted octanol–water partition coefficient (Wildman–Crippen LogP) is 0.940. The minimum absolute atomic E-state index is 0.0208. The first kappa shape index (κ1) is 8.17. The van der Waals surface area contributed by atoms with Crippen molar-refractivity contribution in [3.8, 4) is 0 Å². The van der Waals surface area contributed by atoms with Crippen LogP contribution in [0.5, 0.6) is 0 Å². The molecular formula is C4H7BrO2S. The maximum atomic E-state index is 10.4. The molecule has 0 bridgehead atoms. The van der Waals surface area contributed by atoms with Gasteiger partial charge in [0.05, 0.1) is 5.75 Å². The van der Waals surface area contributed by atoms with Gasteiger partial charge in [-0.05, 0) is 0 Å². The molecule has 2 nitrogen and oxygen atoms in total. The van der Waals surface area contributed by atoms with Crippen LogP contribution in [0.1, 0.15) is 0 Å². The normalized spacial score (nSPS) is 11.2. The smallest absolute Gasteiger partial charge is 0.152 e. The van der Waals surface area contributed by atoms with E-state index in [9.17, 15) is 8.42 Å². The highest BCUT2D eigenvalue weighted by molar-refractivity contribution is 9.11. The third-order valence-corrected chi connectivity index (χ3v) is 1.94. The molecule has 4 heteroatoms. The van der Waals surface area contributed by atoms with Crippen LogP contribution in [0.15, 0.2) is 11.1 Å². The van der Waals surface area contributed by atoms with Crippen LogP contribution >= 0.6 is 15.9 Å². The molecule has 0 heterocycles. The SMILES string of the molecule is C=C(Br)CS(C)(=O)=O. The molecule has 0 aliphatic carbocycles. The van der Waals surface area contributed by atoms with Gasteiger partial charge in [0.2, 0.25) is 0 Å². The highest BCUT2D eigenvalue weighted by Crippen LogP contribution is 2.02. The van der Waals surface area contributed by atoms with Crippen LogP contribution in [0.3, 0.4) is 0 Å². The summed E-state index contributed by atoms with van der Waals surface area (Å²) in [5.74, 6) is 0.0208. The van der Waals surface area contributed by atoms with Crippen molar-refractivity contribution in [3.63, 3.8) is 0 Å². The second kappa shape index (κ2) is 2.64. The Morgan fingerprint density at radius 2 is 2.12 bits per heavy atom. The van der Waals surface area contributed by atoms with E-state index < -0.39 is 9.84 Å². The molecule has 0 aliphatic rings. The Morgan fingerprint density at radius 3 is 2.12 bits per heavy atom. The van der Waals surface area contributed by atoms with Crippen molar-refractivity contribution in [3.05, 3.63) is 11.1 Å². The summed E-state index contributed by atoms with van der Waals surface area (Å²) in [5.41, 5.74) is 0. The first-order valence-corrected chi connectivity index (χ1v) is 4.78. The van der Waals surface area contributed by atoms with Gasteiger partial charge in [-0.15, -0.1) is 0 Å². The van der Waals surface area contributed by atoms with Crippen molar-refractivity contribution < 1.29 is 8.42 Å². The number of hydrogen-bond donors (Lipinski definition) is 0. The molecule has 8 heavy (non-hydrogen) atoms. The average Bonchev–Trinajstić information content (AvgIpc) is 1.21. The summed E-state index contributed by atoms with van der Waals surface area (Å²) < 4.78 is 21.2. The van der Waals surface area contributed by atoms with Gasteiger partial charge >= 0.3 is 0 Å². The summed E-state index contributed by atoms with van der Waals surface area (Å²) in [6, 6.07) is 0. The lowest BCUT2D eigenvalue weighted by atomic mass is 10.8. The van der Waals surface area contributed by atoms with Crippen LogP contribution in [0.25, 0.3) is 0 Å². The zero-order valence-electron chi connectivity index (χ0n) is 4.52. The molecule has 0 rings (SSSR count). The third kappa shape index (κ3) is 6.17. The van der Waals surface area contributed by atoms with Gasteiger partial charge in [0, 0.05) is 10.7 Å². The van der Waals surface area contributed by atoms with Gasteiger partial charge < -0.3 is 0 Å². The monoisotopic (exact) mass is 198 g/mol. The summed E-state index contributed by atoms with van der Waals surface area (Å²) in [6.07, 6.45) is 1.17. The van der Waals surface area contributed by atoms with Gasteiger partial charge in [0.25, 0.3) is 0 Å². The Hall–Kier alpha value is 0.170. The molecule has 0 unspecified atom stereocenters. The highest BCUT2D eigenvalue weighted by atomic mass is 79.9. The maximum Gasteiger partial charge on any atom is 0.152 e. The van der Waals surface area contributed by atoms with Gasteiger partial charge in [-0.1, -0.05) is 22.5 Å². The number of hydrogen-bond acceptors (Lipinski definition) is 2. The molecule has 0 aliphatic heterocycles. The minimum atomic E-state index is -2.87. The van der Waals surface area contributed by atoms with Crippen molar-refractivity contribution in [1.82, 2.24) is 0 Å². The molecule has 0 fully saturated rings. The lowest BCUT2D eigenvalue weighted by molar-refractivity contribution is 0.604. The zero-order valence-corrected chi connectivity index (χ0v) is 6.92. The number of sulfone groups is 1. The van der Waals surface area contributed by atoms with Crippen LogP contribution in [-0.2, 0) is 9.84 Å². The largest absolute Gasteiger partial charge is 0.229 e. The Balaban J connectivity index is 3.95. The van der Waals surface area contributed by atoms with E-state index >= 15 is 0 Å². The van der Waals surface area contributed by atoms with Crippen LogP contribution in [0.2, 0.25) is 0 Å². The lowest BCUT2D eigenvalue weighted by Crippen LogP contribution is -2.01. The Labute approximate surface area is 57.6 Å². The maximum absolute atomic E-state index is 10.4. The van der Waals surface area contributed by atoms with Gasteiger partial charge in [0.15, 0.2) is 9.84 Å². The Kier molecular flexibility index (Phi) is 2.70. The van der Waals surface area contributed by atoms with E-state index in [0.29, 0.717) is 4.48 Å². The minimum Gasteiger partial charge on any atom is -0.229 e. The molecule has 0 saturated carbocycles. The van der Waals surface area contributed by atoms with Crippen molar-refractivity contribution in [1.29, 1.82) is 0 Å². The van der Waals surface area contributed by atoms with E-state index in [0.717, 1.165) is 0 Å². The average molecular weight is 199 g/mol. The standard InChI is InChI=1S/C4H7BrO2S/c1-4(5)3-8(2,6)7/h1,3H2,2H3. The van der Waals surface area contributed by atoms with E-state index in [4.69, 9.17) is 0 Å². The lowest BCUT2D eigenvalue weighted by Gasteiger charge is -1.90. The van der Waals surface area contributed by atoms with Crippen LogP contribution in [-0.4, -0.2) is 20.4 Å². The molecule has 0 radical (unpaired) electrons. The van der Waals surface area contributed by atoms with E-state index in [1.807, 2.05) is 0 Å². The van der Waals surface area contributed by atoms with Gasteiger partial charge in [-0.25, -0.2) is 8.42 Å². The fourth-order valence-corrected chi connectivity index (χ4v) is 2.10. The third-order valence-electron chi connectivity index (χ3n) is 0.419. The van der Waals surface area contributed by atoms with Crippen molar-refractivity contribution in [2.24, 2.45) is 0 Å². The van der Waals surface area contributed by atoms with E-state index in [-0.39, 0.29) is 5.75 Å². The Bertz CT molecular complexity index is 180. The quantitative estimate of drug-likeness (QED) is 0.663. The van der Waals surface area contributed by atoms with Crippen molar-refractivity contribution in [2.45, 2.75) is 0 Å². The molecule has 0 N–H and O–H groups in total. The summed E-state index contributed by atoms with van der Waals surface area (Å²) in [6.45, 7) is 3.38. The molecule has 48 valence electrons. The fraction of sp³-hybridized carbons (Fsp3) is 0.500. The highest BCUT2D eigenvalue weighted by Gasteiger charge is 2.00. The van der Waals surface area contributed by atoms with E-state index in [1.165, 1.54) is 6.26 Å². The molecule has 0 atom stereocenters. The molecule has 0 aromatic carbocycles. The van der Waals surface area contributed by atoms with Gasteiger partial charge in [-0.2, -0.15) is 0 Å². The first-order valence-electron chi connectivity index (χ1n) is 1.93. The summed E-state index contributed by atoms with van der Waals surface area (Å²) in [7, 11) is -2.87. The zero-order chi connectivity index (χ0) is 6.78. The van der Waals surface area contributed by atoms with Crippen LogP contribution in [0, 0.1) is 0 Å².